The van der Waals surface area contributed by atoms with Crippen molar-refractivity contribution >= 4 is 17.4 Å². The first-order chi connectivity index (χ1) is 8.97. The van der Waals surface area contributed by atoms with Crippen molar-refractivity contribution in [2.45, 2.75) is 6.42 Å². The SMILES string of the molecule is O=C(Cc1ccc(F)c(F)c1)c1cc(Cl)ccc1F. The lowest BCUT2D eigenvalue weighted by Crippen LogP contribution is -2.06. The molecule has 0 atom stereocenters. The van der Waals surface area contributed by atoms with Gasteiger partial charge in [-0.15, -0.1) is 0 Å². The first-order valence-electron chi connectivity index (χ1n) is 5.39. The lowest BCUT2D eigenvalue weighted by atomic mass is 10.0. The second-order valence-corrected chi connectivity index (χ2v) is 4.41. The summed E-state index contributed by atoms with van der Waals surface area (Å²) >= 11 is 5.68. The van der Waals surface area contributed by atoms with E-state index in [9.17, 15) is 18.0 Å². The molecule has 0 spiro atoms. The average molecular weight is 285 g/mol. The van der Waals surface area contributed by atoms with E-state index in [4.69, 9.17) is 11.6 Å². The normalized spacial score (nSPS) is 10.5. The highest BCUT2D eigenvalue weighted by Crippen LogP contribution is 2.18. The Hall–Kier alpha value is -1.81. The summed E-state index contributed by atoms with van der Waals surface area (Å²) in [4.78, 5) is 11.9. The summed E-state index contributed by atoms with van der Waals surface area (Å²) in [5.74, 6) is -3.29. The van der Waals surface area contributed by atoms with Crippen LogP contribution in [-0.4, -0.2) is 5.78 Å². The Morgan fingerprint density at radius 1 is 0.947 bits per heavy atom. The van der Waals surface area contributed by atoms with Crippen LogP contribution in [0.2, 0.25) is 5.02 Å². The standard InChI is InChI=1S/C14H8ClF3O/c15-9-2-4-11(16)10(7-9)14(19)6-8-1-3-12(17)13(18)5-8/h1-5,7H,6H2. The van der Waals surface area contributed by atoms with E-state index in [1.54, 1.807) is 0 Å². The second-order valence-electron chi connectivity index (χ2n) is 3.97. The van der Waals surface area contributed by atoms with Crippen LogP contribution < -0.4 is 0 Å². The molecule has 98 valence electrons. The zero-order valence-electron chi connectivity index (χ0n) is 9.59. The molecule has 5 heteroatoms. The smallest absolute Gasteiger partial charge is 0.170 e. The van der Waals surface area contributed by atoms with E-state index in [0.29, 0.717) is 0 Å². The molecule has 0 aliphatic carbocycles. The molecule has 0 aliphatic rings. The van der Waals surface area contributed by atoms with E-state index < -0.39 is 23.2 Å². The number of halogens is 4. The van der Waals surface area contributed by atoms with Gasteiger partial charge in [0.25, 0.3) is 0 Å². The molecular weight excluding hydrogens is 277 g/mol. The molecule has 0 radical (unpaired) electrons. The maximum atomic E-state index is 13.5. The number of Topliss-reactive ketones (excluding diaryl/α,β-unsaturated/α-hetero) is 1. The maximum Gasteiger partial charge on any atom is 0.170 e. The number of carbonyl (C=O) groups excluding carboxylic acids is 1. The molecule has 0 bridgehead atoms. The molecule has 0 aliphatic heterocycles. The third kappa shape index (κ3) is 3.15. The molecule has 0 amide bonds. The fourth-order valence-electron chi connectivity index (χ4n) is 1.64. The topological polar surface area (TPSA) is 17.1 Å². The molecular formula is C14H8ClF3O. The summed E-state index contributed by atoms with van der Waals surface area (Å²) in [5.41, 5.74) is 0.0977. The van der Waals surface area contributed by atoms with Gasteiger partial charge in [0, 0.05) is 11.4 Å². The molecule has 1 nitrogen and oxygen atoms in total. The van der Waals surface area contributed by atoms with Crippen LogP contribution in [-0.2, 0) is 6.42 Å². The van der Waals surface area contributed by atoms with Gasteiger partial charge in [-0.1, -0.05) is 17.7 Å². The van der Waals surface area contributed by atoms with Crippen molar-refractivity contribution in [3.63, 3.8) is 0 Å². The minimum absolute atomic E-state index is 0.169. The van der Waals surface area contributed by atoms with Crippen LogP contribution in [0.15, 0.2) is 36.4 Å². The molecule has 0 unspecified atom stereocenters. The van der Waals surface area contributed by atoms with E-state index in [1.807, 2.05) is 0 Å². The second kappa shape index (κ2) is 5.45. The monoisotopic (exact) mass is 284 g/mol. The minimum atomic E-state index is -1.04. The fourth-order valence-corrected chi connectivity index (χ4v) is 1.81. The molecule has 0 N–H and O–H groups in total. The van der Waals surface area contributed by atoms with Crippen LogP contribution in [0, 0.1) is 17.5 Å². The van der Waals surface area contributed by atoms with Crippen LogP contribution in [0.1, 0.15) is 15.9 Å². The molecule has 0 saturated heterocycles. The van der Waals surface area contributed by atoms with Gasteiger partial charge in [0.05, 0.1) is 5.56 Å². The predicted molar refractivity (Wildman–Crippen MR) is 65.8 cm³/mol. The summed E-state index contributed by atoms with van der Waals surface area (Å²) in [6, 6.07) is 6.73. The Kier molecular flexibility index (Phi) is 3.90. The zero-order chi connectivity index (χ0) is 14.0. The highest BCUT2D eigenvalue weighted by atomic mass is 35.5. The van der Waals surface area contributed by atoms with Crippen LogP contribution in [0.3, 0.4) is 0 Å². The van der Waals surface area contributed by atoms with Crippen molar-refractivity contribution in [2.75, 3.05) is 0 Å². The Bertz CT molecular complexity index is 641. The van der Waals surface area contributed by atoms with Crippen molar-refractivity contribution in [3.8, 4) is 0 Å². The molecule has 0 fully saturated rings. The number of hydrogen-bond donors (Lipinski definition) is 0. The van der Waals surface area contributed by atoms with Crippen LogP contribution in [0.4, 0.5) is 13.2 Å². The highest BCUT2D eigenvalue weighted by Gasteiger charge is 2.14. The molecule has 2 rings (SSSR count). The van der Waals surface area contributed by atoms with Gasteiger partial charge in [0.2, 0.25) is 0 Å². The molecule has 0 aromatic heterocycles. The number of hydrogen-bond acceptors (Lipinski definition) is 1. The van der Waals surface area contributed by atoms with Gasteiger partial charge >= 0.3 is 0 Å². The third-order valence-electron chi connectivity index (χ3n) is 2.58. The Balaban J connectivity index is 2.25. The number of ketones is 1. The first kappa shape index (κ1) is 13.6. The van der Waals surface area contributed by atoms with Gasteiger partial charge in [-0.3, -0.25) is 4.79 Å². The van der Waals surface area contributed by atoms with E-state index in [0.717, 1.165) is 18.2 Å². The van der Waals surface area contributed by atoms with Crippen molar-refractivity contribution in [1.29, 1.82) is 0 Å². The number of benzene rings is 2. The lowest BCUT2D eigenvalue weighted by Gasteiger charge is -2.04. The predicted octanol–water partition coefficient (Wildman–Crippen LogP) is 4.18. The Labute approximate surface area is 112 Å². The Morgan fingerprint density at radius 3 is 2.32 bits per heavy atom. The van der Waals surface area contributed by atoms with Crippen LogP contribution in [0.5, 0.6) is 0 Å². The summed E-state index contributed by atoms with van der Waals surface area (Å²) in [5, 5.41) is 0.232. The summed E-state index contributed by atoms with van der Waals surface area (Å²) in [6.45, 7) is 0. The van der Waals surface area contributed by atoms with Gasteiger partial charge in [-0.25, -0.2) is 13.2 Å². The largest absolute Gasteiger partial charge is 0.294 e. The molecule has 2 aromatic carbocycles. The zero-order valence-corrected chi connectivity index (χ0v) is 10.3. The molecule has 19 heavy (non-hydrogen) atoms. The van der Waals surface area contributed by atoms with Gasteiger partial charge in [0.15, 0.2) is 17.4 Å². The van der Waals surface area contributed by atoms with Gasteiger partial charge in [-0.2, -0.15) is 0 Å². The Morgan fingerprint density at radius 2 is 1.63 bits per heavy atom. The van der Waals surface area contributed by atoms with Gasteiger partial charge < -0.3 is 0 Å². The van der Waals surface area contributed by atoms with Crippen molar-refractivity contribution in [2.24, 2.45) is 0 Å². The van der Waals surface area contributed by atoms with Gasteiger partial charge in [-0.05, 0) is 35.9 Å². The van der Waals surface area contributed by atoms with Gasteiger partial charge in [0.1, 0.15) is 5.82 Å². The minimum Gasteiger partial charge on any atom is -0.294 e. The third-order valence-corrected chi connectivity index (χ3v) is 2.81. The summed E-state index contributed by atoms with van der Waals surface area (Å²) in [7, 11) is 0. The van der Waals surface area contributed by atoms with Crippen LogP contribution >= 0.6 is 11.6 Å². The fraction of sp³-hybridized carbons (Fsp3) is 0.0714. The van der Waals surface area contributed by atoms with E-state index in [2.05, 4.69) is 0 Å². The average Bonchev–Trinajstić information content (AvgIpc) is 2.36. The quantitative estimate of drug-likeness (QED) is 0.773. The lowest BCUT2D eigenvalue weighted by molar-refractivity contribution is 0.0989. The molecule has 2 aromatic rings. The van der Waals surface area contributed by atoms with E-state index in [-0.39, 0.29) is 22.6 Å². The first-order valence-corrected chi connectivity index (χ1v) is 5.77. The van der Waals surface area contributed by atoms with E-state index >= 15 is 0 Å². The molecule has 0 saturated carbocycles. The van der Waals surface area contributed by atoms with Crippen LogP contribution in [0.25, 0.3) is 0 Å². The number of rotatable bonds is 3. The van der Waals surface area contributed by atoms with Crippen molar-refractivity contribution < 1.29 is 18.0 Å². The summed E-state index contributed by atoms with van der Waals surface area (Å²) < 4.78 is 39.2. The van der Waals surface area contributed by atoms with Crippen molar-refractivity contribution in [3.05, 3.63) is 70.0 Å². The number of carbonyl (C=O) groups is 1. The summed E-state index contributed by atoms with van der Waals surface area (Å²) in [6.07, 6.45) is -0.228. The molecule has 0 heterocycles. The highest BCUT2D eigenvalue weighted by molar-refractivity contribution is 6.31. The maximum absolute atomic E-state index is 13.5. The van der Waals surface area contributed by atoms with E-state index in [1.165, 1.54) is 18.2 Å². The van der Waals surface area contributed by atoms with Crippen molar-refractivity contribution in [1.82, 2.24) is 0 Å².